The maximum atomic E-state index is 13.4. The second-order valence-corrected chi connectivity index (χ2v) is 9.16. The fourth-order valence-corrected chi connectivity index (χ4v) is 4.58. The van der Waals surface area contributed by atoms with Crippen LogP contribution in [0.1, 0.15) is 28.8 Å². The van der Waals surface area contributed by atoms with Gasteiger partial charge in [-0.05, 0) is 55.7 Å². The van der Waals surface area contributed by atoms with Crippen LogP contribution in [0.2, 0.25) is 5.02 Å². The summed E-state index contributed by atoms with van der Waals surface area (Å²) in [6, 6.07) is 10.4. The second-order valence-electron chi connectivity index (χ2n) is 8.73. The number of aryl methyl sites for hydroxylation is 1. The predicted molar refractivity (Wildman–Crippen MR) is 135 cm³/mol. The van der Waals surface area contributed by atoms with Crippen molar-refractivity contribution in [3.63, 3.8) is 0 Å². The summed E-state index contributed by atoms with van der Waals surface area (Å²) in [5.41, 5.74) is 3.02. The third-order valence-electron chi connectivity index (χ3n) is 6.39. The Morgan fingerprint density at radius 1 is 1.00 bits per heavy atom. The van der Waals surface area contributed by atoms with Gasteiger partial charge in [0.25, 0.3) is 5.91 Å². The molecule has 0 radical (unpaired) electrons. The number of hydrogen-bond donors (Lipinski definition) is 3. The number of halogens is 1. The van der Waals surface area contributed by atoms with E-state index in [-0.39, 0.29) is 11.8 Å². The Morgan fingerprint density at radius 3 is 2.43 bits per heavy atom. The molecule has 1 aliphatic carbocycles. The van der Waals surface area contributed by atoms with Crippen molar-refractivity contribution in [2.24, 2.45) is 11.8 Å². The molecule has 8 nitrogen and oxygen atoms in total. The number of carbonyl (C=O) groups excluding carboxylic acids is 2. The topological polar surface area (TPSA) is 108 Å². The molecule has 0 spiro atoms. The fourth-order valence-electron chi connectivity index (χ4n) is 4.41. The van der Waals surface area contributed by atoms with Gasteiger partial charge in [-0.25, -0.2) is 0 Å². The van der Waals surface area contributed by atoms with E-state index in [9.17, 15) is 19.5 Å². The zero-order valence-electron chi connectivity index (χ0n) is 19.4. The summed E-state index contributed by atoms with van der Waals surface area (Å²) in [6.07, 6.45) is 4.30. The molecule has 4 rings (SSSR count). The molecule has 3 N–H and O–H groups in total. The van der Waals surface area contributed by atoms with Gasteiger partial charge in [0, 0.05) is 35.2 Å². The summed E-state index contributed by atoms with van der Waals surface area (Å²) >= 11 is 6.12. The number of rotatable bonds is 6. The van der Waals surface area contributed by atoms with Gasteiger partial charge in [-0.2, -0.15) is 0 Å². The molecule has 2 aliphatic rings. The number of allylic oxidation sites excluding steroid dienone is 2. The summed E-state index contributed by atoms with van der Waals surface area (Å²) in [5.74, 6) is -3.16. The predicted octanol–water partition coefficient (Wildman–Crippen LogP) is 4.34. The minimum absolute atomic E-state index is 0.316. The lowest BCUT2D eigenvalue weighted by molar-refractivity contribution is -0.146. The molecule has 1 saturated heterocycles. The molecule has 2 atom stereocenters. The van der Waals surface area contributed by atoms with E-state index in [1.54, 1.807) is 36.4 Å². The molecular formula is C26H28ClN3O5. The minimum atomic E-state index is -0.992. The van der Waals surface area contributed by atoms with Crippen LogP contribution in [0, 0.1) is 18.8 Å². The average molecular weight is 498 g/mol. The third kappa shape index (κ3) is 5.83. The Bertz CT molecular complexity index is 1160. The summed E-state index contributed by atoms with van der Waals surface area (Å²) < 4.78 is 5.45. The number of benzene rings is 2. The van der Waals surface area contributed by atoms with Crippen LogP contribution in [0.15, 0.2) is 48.6 Å². The number of amides is 2. The van der Waals surface area contributed by atoms with Crippen molar-refractivity contribution >= 4 is 46.4 Å². The summed E-state index contributed by atoms with van der Waals surface area (Å²) in [7, 11) is 0. The molecule has 2 aromatic carbocycles. The maximum Gasteiger partial charge on any atom is 0.307 e. The van der Waals surface area contributed by atoms with Crippen LogP contribution >= 0.6 is 11.6 Å². The number of hydrogen-bond acceptors (Lipinski definition) is 5. The second kappa shape index (κ2) is 10.9. The molecule has 1 fully saturated rings. The van der Waals surface area contributed by atoms with Crippen LogP contribution < -0.4 is 15.5 Å². The standard InChI is InChI=1S/C26H28ClN3O5/c1-16-6-7-17(27)14-22(16)29-25(32)21-15-18(8-9-23(21)30-10-12-35-13-11-30)28-24(31)19-4-2-3-5-20(19)26(33)34/h2-3,6-9,14-15,19-20H,4-5,10-13H2,1H3,(H,28,31)(H,29,32)(H,33,34)/t19-,20-/m1/s1. The van der Waals surface area contributed by atoms with Gasteiger partial charge in [-0.1, -0.05) is 29.8 Å². The number of carboxylic acids is 1. The lowest BCUT2D eigenvalue weighted by Gasteiger charge is -2.31. The first-order chi connectivity index (χ1) is 16.8. The molecule has 9 heteroatoms. The summed E-state index contributed by atoms with van der Waals surface area (Å²) in [5, 5.41) is 15.8. The molecule has 1 aliphatic heterocycles. The summed E-state index contributed by atoms with van der Waals surface area (Å²) in [4.78, 5) is 40.1. The highest BCUT2D eigenvalue weighted by molar-refractivity contribution is 6.31. The quantitative estimate of drug-likeness (QED) is 0.512. The molecule has 0 aromatic heterocycles. The third-order valence-corrected chi connectivity index (χ3v) is 6.63. The highest BCUT2D eigenvalue weighted by Gasteiger charge is 2.34. The van der Waals surface area contributed by atoms with Crippen LogP contribution in [0.4, 0.5) is 17.1 Å². The SMILES string of the molecule is Cc1ccc(Cl)cc1NC(=O)c1cc(NC(=O)[C@@H]2CC=CC[C@H]2C(=O)O)ccc1N1CCOCC1. The van der Waals surface area contributed by atoms with Gasteiger partial charge in [0.15, 0.2) is 0 Å². The molecular weight excluding hydrogens is 470 g/mol. The average Bonchev–Trinajstić information content (AvgIpc) is 2.86. The van der Waals surface area contributed by atoms with E-state index >= 15 is 0 Å². The van der Waals surface area contributed by atoms with Crippen molar-refractivity contribution in [2.45, 2.75) is 19.8 Å². The fraction of sp³-hybridized carbons (Fsp3) is 0.346. The lowest BCUT2D eigenvalue weighted by Crippen LogP contribution is -2.37. The van der Waals surface area contributed by atoms with Gasteiger partial charge in [-0.3, -0.25) is 14.4 Å². The van der Waals surface area contributed by atoms with Crippen LogP contribution in [0.5, 0.6) is 0 Å². The minimum Gasteiger partial charge on any atom is -0.481 e. The number of carbonyl (C=O) groups is 3. The normalized spacial score (nSPS) is 19.8. The van der Waals surface area contributed by atoms with Crippen LogP contribution in [0.3, 0.4) is 0 Å². The van der Waals surface area contributed by atoms with Gasteiger partial charge in [0.1, 0.15) is 0 Å². The lowest BCUT2D eigenvalue weighted by atomic mass is 9.82. The number of nitrogens with zero attached hydrogens (tertiary/aromatic N) is 1. The monoisotopic (exact) mass is 497 g/mol. The Hall–Kier alpha value is -3.36. The zero-order valence-corrected chi connectivity index (χ0v) is 20.2. The number of ether oxygens (including phenoxy) is 1. The molecule has 2 aromatic rings. The van der Waals surface area contributed by atoms with E-state index in [2.05, 4.69) is 15.5 Å². The van der Waals surface area contributed by atoms with E-state index in [0.29, 0.717) is 61.1 Å². The van der Waals surface area contributed by atoms with E-state index in [1.165, 1.54) is 0 Å². The Balaban J connectivity index is 1.62. The van der Waals surface area contributed by atoms with E-state index < -0.39 is 17.8 Å². The molecule has 35 heavy (non-hydrogen) atoms. The first-order valence-electron chi connectivity index (χ1n) is 11.6. The van der Waals surface area contributed by atoms with Crippen molar-refractivity contribution < 1.29 is 24.2 Å². The van der Waals surface area contributed by atoms with E-state index in [1.807, 2.05) is 19.1 Å². The van der Waals surface area contributed by atoms with Gasteiger partial charge in [0.2, 0.25) is 5.91 Å². The van der Waals surface area contributed by atoms with Gasteiger partial charge >= 0.3 is 5.97 Å². The first kappa shape index (κ1) is 24.8. The van der Waals surface area contributed by atoms with Crippen molar-refractivity contribution in [1.82, 2.24) is 0 Å². The number of nitrogens with one attached hydrogen (secondary N) is 2. The van der Waals surface area contributed by atoms with E-state index in [4.69, 9.17) is 16.3 Å². The van der Waals surface area contributed by atoms with Crippen molar-refractivity contribution in [1.29, 1.82) is 0 Å². The van der Waals surface area contributed by atoms with Crippen LogP contribution in [-0.4, -0.2) is 49.2 Å². The number of aliphatic carboxylic acids is 1. The van der Waals surface area contributed by atoms with E-state index in [0.717, 1.165) is 11.3 Å². The number of carboxylic acid groups (broad SMARTS) is 1. The zero-order chi connectivity index (χ0) is 24.9. The van der Waals surface area contributed by atoms with Crippen molar-refractivity contribution in [2.75, 3.05) is 41.8 Å². The van der Waals surface area contributed by atoms with Crippen molar-refractivity contribution in [3.05, 3.63) is 64.7 Å². The summed E-state index contributed by atoms with van der Waals surface area (Å²) in [6.45, 7) is 4.26. The largest absolute Gasteiger partial charge is 0.481 e. The molecule has 0 bridgehead atoms. The highest BCUT2D eigenvalue weighted by atomic mass is 35.5. The molecule has 0 unspecified atom stereocenters. The van der Waals surface area contributed by atoms with Crippen molar-refractivity contribution in [3.8, 4) is 0 Å². The molecule has 184 valence electrons. The van der Waals surface area contributed by atoms with Gasteiger partial charge in [0.05, 0.1) is 30.6 Å². The first-order valence-corrected chi connectivity index (χ1v) is 11.9. The Morgan fingerprint density at radius 2 is 1.71 bits per heavy atom. The Kier molecular flexibility index (Phi) is 7.73. The number of morpholine rings is 1. The van der Waals surface area contributed by atoms with Crippen LogP contribution in [-0.2, 0) is 14.3 Å². The molecule has 2 amide bonds. The van der Waals surface area contributed by atoms with Gasteiger partial charge in [-0.15, -0.1) is 0 Å². The number of anilines is 3. The van der Waals surface area contributed by atoms with Gasteiger partial charge < -0.3 is 25.4 Å². The highest BCUT2D eigenvalue weighted by Crippen LogP contribution is 2.30. The Labute approximate surface area is 208 Å². The molecule has 1 heterocycles. The smallest absolute Gasteiger partial charge is 0.307 e. The maximum absolute atomic E-state index is 13.4. The molecule has 0 saturated carbocycles. The van der Waals surface area contributed by atoms with Crippen LogP contribution in [0.25, 0.3) is 0 Å².